The summed E-state index contributed by atoms with van der Waals surface area (Å²) < 4.78 is 5.86. The number of carbonyl (C=O) groups is 1. The fourth-order valence-corrected chi connectivity index (χ4v) is 4.18. The van der Waals surface area contributed by atoms with Crippen LogP contribution in [0.3, 0.4) is 0 Å². The van der Waals surface area contributed by atoms with Crippen LogP contribution in [-0.4, -0.2) is 12.9 Å². The van der Waals surface area contributed by atoms with Gasteiger partial charge in [-0.2, -0.15) is 10.2 Å². The van der Waals surface area contributed by atoms with Crippen molar-refractivity contribution in [1.82, 2.24) is 0 Å². The van der Waals surface area contributed by atoms with Gasteiger partial charge in [0.05, 0.1) is 18.0 Å². The highest BCUT2D eigenvalue weighted by molar-refractivity contribution is 5.75. The summed E-state index contributed by atoms with van der Waals surface area (Å²) in [5.74, 6) is 0.875. The van der Waals surface area contributed by atoms with Crippen LogP contribution in [0, 0.1) is 0 Å². The molecular weight excluding hydrogens is 432 g/mol. The average Bonchev–Trinajstić information content (AvgIpc) is 2.90. The average molecular weight is 479 g/mol. The van der Waals surface area contributed by atoms with Crippen molar-refractivity contribution < 1.29 is 9.53 Å². The molecule has 0 bridgehead atoms. The number of rotatable bonds is 21. The van der Waals surface area contributed by atoms with Gasteiger partial charge in [-0.05, 0) is 55.0 Å². The Hall–Kier alpha value is -2.49. The first kappa shape index (κ1) is 28.7. The molecule has 0 saturated carbocycles. The Kier molecular flexibility index (Phi) is 16.2. The zero-order chi connectivity index (χ0) is 24.8. The first-order valence-corrected chi connectivity index (χ1v) is 14.0. The predicted molar refractivity (Wildman–Crippen MR) is 147 cm³/mol. The van der Waals surface area contributed by atoms with E-state index in [4.69, 9.17) is 4.74 Å². The number of azo groups is 1. The Morgan fingerprint density at radius 1 is 0.571 bits per heavy atom. The van der Waals surface area contributed by atoms with Crippen molar-refractivity contribution in [2.75, 3.05) is 6.61 Å². The van der Waals surface area contributed by atoms with Crippen LogP contribution in [0.15, 0.2) is 58.8 Å². The third-order valence-corrected chi connectivity index (χ3v) is 6.41. The molecule has 0 aliphatic rings. The first-order chi connectivity index (χ1) is 17.3. The molecule has 4 nitrogen and oxygen atoms in total. The SMILES string of the molecule is CCCCCCCCCCCCCCCCCCOc1ccc(N=Nc2ccc(C=O)cc2)cc1. The summed E-state index contributed by atoms with van der Waals surface area (Å²) in [6.07, 6.45) is 22.9. The highest BCUT2D eigenvalue weighted by Crippen LogP contribution is 2.22. The lowest BCUT2D eigenvalue weighted by Crippen LogP contribution is -1.96. The van der Waals surface area contributed by atoms with Crippen LogP contribution >= 0.6 is 0 Å². The quantitative estimate of drug-likeness (QED) is 0.102. The van der Waals surface area contributed by atoms with E-state index in [0.29, 0.717) is 5.56 Å². The Morgan fingerprint density at radius 3 is 1.40 bits per heavy atom. The fraction of sp³-hybridized carbons (Fsp3) is 0.581. The molecule has 0 radical (unpaired) electrons. The molecule has 0 spiro atoms. The molecular formula is C31H46N2O2. The van der Waals surface area contributed by atoms with E-state index in [1.54, 1.807) is 24.3 Å². The van der Waals surface area contributed by atoms with Crippen molar-refractivity contribution in [3.63, 3.8) is 0 Å². The van der Waals surface area contributed by atoms with Gasteiger partial charge in [-0.25, -0.2) is 0 Å². The van der Waals surface area contributed by atoms with Crippen LogP contribution < -0.4 is 4.74 Å². The van der Waals surface area contributed by atoms with Crippen molar-refractivity contribution >= 4 is 17.7 Å². The van der Waals surface area contributed by atoms with Gasteiger partial charge in [0.2, 0.25) is 0 Å². The van der Waals surface area contributed by atoms with Crippen molar-refractivity contribution in [3.05, 3.63) is 54.1 Å². The van der Waals surface area contributed by atoms with E-state index in [1.165, 1.54) is 96.3 Å². The molecule has 0 atom stereocenters. The molecule has 0 heterocycles. The van der Waals surface area contributed by atoms with Crippen LogP contribution in [0.4, 0.5) is 11.4 Å². The van der Waals surface area contributed by atoms with Gasteiger partial charge in [-0.15, -0.1) is 0 Å². The third-order valence-electron chi connectivity index (χ3n) is 6.41. The molecule has 0 fully saturated rings. The summed E-state index contributed by atoms with van der Waals surface area (Å²) in [5, 5.41) is 8.44. The van der Waals surface area contributed by atoms with E-state index < -0.39 is 0 Å². The second-order valence-electron chi connectivity index (χ2n) is 9.56. The second kappa shape index (κ2) is 19.8. The molecule has 0 amide bonds. The third kappa shape index (κ3) is 14.5. The van der Waals surface area contributed by atoms with Crippen molar-refractivity contribution in [2.24, 2.45) is 10.2 Å². The van der Waals surface area contributed by atoms with Crippen LogP contribution in [0.25, 0.3) is 0 Å². The molecule has 2 aromatic rings. The number of ether oxygens (including phenoxy) is 1. The molecule has 2 aromatic carbocycles. The lowest BCUT2D eigenvalue weighted by atomic mass is 10.0. The van der Waals surface area contributed by atoms with Crippen LogP contribution in [0.2, 0.25) is 0 Å². The monoisotopic (exact) mass is 478 g/mol. The maximum atomic E-state index is 10.7. The van der Waals surface area contributed by atoms with Gasteiger partial charge < -0.3 is 4.74 Å². The van der Waals surface area contributed by atoms with E-state index in [-0.39, 0.29) is 0 Å². The van der Waals surface area contributed by atoms with E-state index >= 15 is 0 Å². The normalized spacial score (nSPS) is 11.2. The molecule has 0 unspecified atom stereocenters. The molecule has 0 aliphatic carbocycles. The zero-order valence-electron chi connectivity index (χ0n) is 21.9. The number of benzene rings is 2. The Balaban J connectivity index is 1.40. The summed E-state index contributed by atoms with van der Waals surface area (Å²) in [4.78, 5) is 10.7. The van der Waals surface area contributed by atoms with Gasteiger partial charge in [-0.3, -0.25) is 4.79 Å². The summed E-state index contributed by atoms with van der Waals surface area (Å²) in [6.45, 7) is 3.05. The van der Waals surface area contributed by atoms with E-state index in [2.05, 4.69) is 17.2 Å². The fourth-order valence-electron chi connectivity index (χ4n) is 4.18. The summed E-state index contributed by atoms with van der Waals surface area (Å²) >= 11 is 0. The highest BCUT2D eigenvalue weighted by atomic mass is 16.5. The van der Waals surface area contributed by atoms with Gasteiger partial charge in [0.1, 0.15) is 12.0 Å². The van der Waals surface area contributed by atoms with Crippen LogP contribution in [0.5, 0.6) is 5.75 Å². The molecule has 0 aliphatic heterocycles. The van der Waals surface area contributed by atoms with Gasteiger partial charge >= 0.3 is 0 Å². The van der Waals surface area contributed by atoms with Crippen molar-refractivity contribution in [3.8, 4) is 5.75 Å². The predicted octanol–water partition coefficient (Wildman–Crippen LogP) is 10.6. The van der Waals surface area contributed by atoms with E-state index in [1.807, 2.05) is 24.3 Å². The maximum Gasteiger partial charge on any atom is 0.150 e. The smallest absolute Gasteiger partial charge is 0.150 e. The first-order valence-electron chi connectivity index (χ1n) is 14.0. The number of aldehydes is 1. The molecule has 2 rings (SSSR count). The molecule has 0 saturated heterocycles. The Morgan fingerprint density at radius 2 is 0.971 bits per heavy atom. The minimum Gasteiger partial charge on any atom is -0.494 e. The minimum absolute atomic E-state index is 0.634. The van der Waals surface area contributed by atoms with Gasteiger partial charge in [0, 0.05) is 5.56 Å². The number of unbranched alkanes of at least 4 members (excludes halogenated alkanes) is 15. The number of nitrogens with zero attached hydrogens (tertiary/aromatic N) is 2. The van der Waals surface area contributed by atoms with Crippen molar-refractivity contribution in [2.45, 2.75) is 110 Å². The number of carbonyl (C=O) groups excluding carboxylic acids is 1. The standard InChI is InChI=1S/C31H46N2O2/c1-2-3-4-5-6-7-8-9-10-11-12-13-14-15-16-17-26-35-31-24-22-30(23-25-31)33-32-29-20-18-28(27-34)19-21-29/h18-25,27H,2-17,26H2,1H3. The van der Waals surface area contributed by atoms with Crippen LogP contribution in [-0.2, 0) is 0 Å². The molecule has 0 aromatic heterocycles. The summed E-state index contributed by atoms with van der Waals surface area (Å²) in [7, 11) is 0. The lowest BCUT2D eigenvalue weighted by Gasteiger charge is -2.06. The molecule has 4 heteroatoms. The summed E-state index contributed by atoms with van der Waals surface area (Å²) in [6, 6.07) is 14.7. The summed E-state index contributed by atoms with van der Waals surface area (Å²) in [5.41, 5.74) is 2.13. The second-order valence-corrected chi connectivity index (χ2v) is 9.56. The largest absolute Gasteiger partial charge is 0.494 e. The van der Waals surface area contributed by atoms with E-state index in [9.17, 15) is 4.79 Å². The zero-order valence-corrected chi connectivity index (χ0v) is 21.9. The Labute approximate surface area is 213 Å². The highest BCUT2D eigenvalue weighted by Gasteiger charge is 1.98. The molecule has 192 valence electrons. The number of hydrogen-bond donors (Lipinski definition) is 0. The number of hydrogen-bond acceptors (Lipinski definition) is 4. The van der Waals surface area contributed by atoms with Gasteiger partial charge in [0.25, 0.3) is 0 Å². The van der Waals surface area contributed by atoms with Crippen LogP contribution in [0.1, 0.15) is 120 Å². The lowest BCUT2D eigenvalue weighted by molar-refractivity contribution is 0.112. The van der Waals surface area contributed by atoms with Gasteiger partial charge in [-0.1, -0.05) is 103 Å². The van der Waals surface area contributed by atoms with Gasteiger partial charge in [0.15, 0.2) is 0 Å². The Bertz CT molecular complexity index is 800. The molecule has 35 heavy (non-hydrogen) atoms. The maximum absolute atomic E-state index is 10.7. The topological polar surface area (TPSA) is 51.0 Å². The van der Waals surface area contributed by atoms with E-state index in [0.717, 1.165) is 36.4 Å². The van der Waals surface area contributed by atoms with Crippen molar-refractivity contribution in [1.29, 1.82) is 0 Å². The minimum atomic E-state index is 0.634. The molecule has 0 N–H and O–H groups in total.